The van der Waals surface area contributed by atoms with Gasteiger partial charge < -0.3 is 10.3 Å². The molecule has 2 N–H and O–H groups in total. The van der Waals surface area contributed by atoms with Crippen LogP contribution in [0.25, 0.3) is 0 Å². The molecule has 1 amide bonds. The van der Waals surface area contributed by atoms with E-state index in [4.69, 9.17) is 0 Å². The first-order chi connectivity index (χ1) is 12.9. The molecule has 0 radical (unpaired) electrons. The number of benzene rings is 1. The Kier molecular flexibility index (Phi) is 5.21. The summed E-state index contributed by atoms with van der Waals surface area (Å²) in [7, 11) is 0. The van der Waals surface area contributed by atoms with Crippen molar-refractivity contribution in [2.45, 2.75) is 33.7 Å². The fraction of sp³-hybridized carbons (Fsp3) is 0.227. The van der Waals surface area contributed by atoms with Gasteiger partial charge in [-0.05, 0) is 67.6 Å². The highest BCUT2D eigenvalue weighted by Gasteiger charge is 2.21. The standard InChI is InChI=1S/C22H23N3O2/c1-13-7-8-17(11-14(13)2)20(18-6-5-9-23-12-18)25-22(27)19-15(3)10-16(4)24-21(19)26/h5-12,20H,1-4H3,(H,24,26)(H,25,27)/t20-/m1/s1. The quantitative estimate of drug-likeness (QED) is 0.746. The largest absolute Gasteiger partial charge is 0.341 e. The van der Waals surface area contributed by atoms with E-state index >= 15 is 0 Å². The lowest BCUT2D eigenvalue weighted by molar-refractivity contribution is 0.0940. The first-order valence-corrected chi connectivity index (χ1v) is 8.85. The first kappa shape index (κ1) is 18.6. The monoisotopic (exact) mass is 361 g/mol. The summed E-state index contributed by atoms with van der Waals surface area (Å²) >= 11 is 0. The summed E-state index contributed by atoms with van der Waals surface area (Å²) in [5.74, 6) is -0.402. The number of nitrogens with zero attached hydrogens (tertiary/aromatic N) is 1. The number of pyridine rings is 2. The number of hydrogen-bond acceptors (Lipinski definition) is 3. The van der Waals surface area contributed by atoms with Gasteiger partial charge in [-0.15, -0.1) is 0 Å². The molecule has 3 aromatic rings. The maximum absolute atomic E-state index is 13.0. The second kappa shape index (κ2) is 7.58. The molecule has 5 heteroatoms. The van der Waals surface area contributed by atoms with E-state index in [-0.39, 0.29) is 11.1 Å². The Labute approximate surface area is 158 Å². The van der Waals surface area contributed by atoms with Gasteiger partial charge in [0.25, 0.3) is 11.5 Å². The highest BCUT2D eigenvalue weighted by molar-refractivity contribution is 5.95. The van der Waals surface area contributed by atoms with Crippen molar-refractivity contribution in [3.05, 3.63) is 98.2 Å². The maximum Gasteiger partial charge on any atom is 0.261 e. The number of carbonyl (C=O) groups excluding carboxylic acids is 1. The van der Waals surface area contributed by atoms with E-state index in [0.717, 1.165) is 22.4 Å². The van der Waals surface area contributed by atoms with Crippen molar-refractivity contribution in [1.82, 2.24) is 15.3 Å². The van der Waals surface area contributed by atoms with Gasteiger partial charge in [-0.3, -0.25) is 14.6 Å². The average molecular weight is 361 g/mol. The molecular formula is C22H23N3O2. The molecule has 0 aliphatic heterocycles. The Bertz CT molecular complexity index is 1040. The van der Waals surface area contributed by atoms with Gasteiger partial charge in [0.1, 0.15) is 5.56 Å². The Hall–Kier alpha value is -3.21. The summed E-state index contributed by atoms with van der Waals surface area (Å²) in [5, 5.41) is 3.01. The zero-order valence-electron chi connectivity index (χ0n) is 16.0. The second-order valence-corrected chi connectivity index (χ2v) is 6.88. The normalized spacial score (nSPS) is 11.9. The van der Waals surface area contributed by atoms with Gasteiger partial charge in [0.15, 0.2) is 0 Å². The third-order valence-corrected chi connectivity index (χ3v) is 4.75. The molecule has 0 saturated heterocycles. The maximum atomic E-state index is 13.0. The summed E-state index contributed by atoms with van der Waals surface area (Å²) in [6.07, 6.45) is 3.42. The molecule has 0 aliphatic rings. The predicted molar refractivity (Wildman–Crippen MR) is 106 cm³/mol. The van der Waals surface area contributed by atoms with Crippen molar-refractivity contribution >= 4 is 5.91 Å². The van der Waals surface area contributed by atoms with Crippen LogP contribution in [0.2, 0.25) is 0 Å². The van der Waals surface area contributed by atoms with Gasteiger partial charge in [0.2, 0.25) is 0 Å². The van der Waals surface area contributed by atoms with Crippen molar-refractivity contribution in [3.63, 3.8) is 0 Å². The second-order valence-electron chi connectivity index (χ2n) is 6.88. The van der Waals surface area contributed by atoms with E-state index in [1.165, 1.54) is 5.56 Å². The Morgan fingerprint density at radius 3 is 2.41 bits per heavy atom. The number of aromatic nitrogens is 2. The molecule has 5 nitrogen and oxygen atoms in total. The van der Waals surface area contributed by atoms with Gasteiger partial charge in [0, 0.05) is 18.1 Å². The molecular weight excluding hydrogens is 338 g/mol. The predicted octanol–water partition coefficient (Wildman–Crippen LogP) is 3.52. The highest BCUT2D eigenvalue weighted by Crippen LogP contribution is 2.24. The molecule has 0 saturated carbocycles. The smallest absolute Gasteiger partial charge is 0.261 e. The van der Waals surface area contributed by atoms with Crippen molar-refractivity contribution in [2.24, 2.45) is 0 Å². The molecule has 0 unspecified atom stereocenters. The third-order valence-electron chi connectivity index (χ3n) is 4.75. The van der Waals surface area contributed by atoms with Gasteiger partial charge in [-0.1, -0.05) is 24.3 Å². The van der Waals surface area contributed by atoms with Crippen molar-refractivity contribution < 1.29 is 4.79 Å². The van der Waals surface area contributed by atoms with Crippen molar-refractivity contribution in [2.75, 3.05) is 0 Å². The number of rotatable bonds is 4. The number of aryl methyl sites for hydroxylation is 4. The zero-order chi connectivity index (χ0) is 19.6. The summed E-state index contributed by atoms with van der Waals surface area (Å²) in [6.45, 7) is 7.65. The molecule has 1 atom stereocenters. The van der Waals surface area contributed by atoms with E-state index in [2.05, 4.69) is 21.4 Å². The number of aromatic amines is 1. The number of nitrogens with one attached hydrogen (secondary N) is 2. The van der Waals surface area contributed by atoms with Crippen LogP contribution in [0.3, 0.4) is 0 Å². The molecule has 0 fully saturated rings. The fourth-order valence-corrected chi connectivity index (χ4v) is 3.19. The molecule has 2 aromatic heterocycles. The Morgan fingerprint density at radius 2 is 1.78 bits per heavy atom. The average Bonchev–Trinajstić information content (AvgIpc) is 2.62. The number of carbonyl (C=O) groups is 1. The highest BCUT2D eigenvalue weighted by atomic mass is 16.2. The Balaban J connectivity index is 2.03. The van der Waals surface area contributed by atoms with Crippen LogP contribution in [0.5, 0.6) is 0 Å². The molecule has 3 rings (SSSR count). The Morgan fingerprint density at radius 1 is 1.00 bits per heavy atom. The van der Waals surface area contributed by atoms with E-state index in [9.17, 15) is 9.59 Å². The van der Waals surface area contributed by atoms with E-state index in [0.29, 0.717) is 5.56 Å². The van der Waals surface area contributed by atoms with Crippen LogP contribution in [0.4, 0.5) is 0 Å². The minimum atomic E-state index is -0.402. The molecule has 2 heterocycles. The number of H-pyrrole nitrogens is 1. The van der Waals surface area contributed by atoms with Crippen molar-refractivity contribution in [3.8, 4) is 0 Å². The van der Waals surface area contributed by atoms with Crippen LogP contribution in [-0.4, -0.2) is 15.9 Å². The van der Waals surface area contributed by atoms with Gasteiger partial charge in [-0.25, -0.2) is 0 Å². The van der Waals surface area contributed by atoms with E-state index in [1.54, 1.807) is 32.3 Å². The molecule has 138 valence electrons. The van der Waals surface area contributed by atoms with Gasteiger partial charge in [0.05, 0.1) is 6.04 Å². The van der Waals surface area contributed by atoms with Gasteiger partial charge >= 0.3 is 0 Å². The first-order valence-electron chi connectivity index (χ1n) is 8.85. The minimum absolute atomic E-state index is 0.137. The topological polar surface area (TPSA) is 74.8 Å². The molecule has 27 heavy (non-hydrogen) atoms. The third kappa shape index (κ3) is 3.97. The number of amides is 1. The summed E-state index contributed by atoms with van der Waals surface area (Å²) in [5.41, 5.74) is 5.26. The van der Waals surface area contributed by atoms with Crippen molar-refractivity contribution in [1.29, 1.82) is 0 Å². The fourth-order valence-electron chi connectivity index (χ4n) is 3.19. The molecule has 0 spiro atoms. The molecule has 0 aliphatic carbocycles. The lowest BCUT2D eigenvalue weighted by atomic mass is 9.96. The summed E-state index contributed by atoms with van der Waals surface area (Å²) < 4.78 is 0. The minimum Gasteiger partial charge on any atom is -0.341 e. The summed E-state index contributed by atoms with van der Waals surface area (Å²) in [6, 6.07) is 11.2. The van der Waals surface area contributed by atoms with Crippen LogP contribution in [0.15, 0.2) is 53.6 Å². The van der Waals surface area contributed by atoms with Gasteiger partial charge in [-0.2, -0.15) is 0 Å². The summed E-state index contributed by atoms with van der Waals surface area (Å²) in [4.78, 5) is 32.2. The van der Waals surface area contributed by atoms with Crippen LogP contribution >= 0.6 is 0 Å². The van der Waals surface area contributed by atoms with Crippen LogP contribution < -0.4 is 10.9 Å². The SMILES string of the molecule is Cc1cc(C)c(C(=O)N[C@@H](c2cccnc2)c2ccc(C)c(C)c2)c(=O)[nH]1. The van der Waals surface area contributed by atoms with Crippen LogP contribution in [0, 0.1) is 27.7 Å². The number of hydrogen-bond donors (Lipinski definition) is 2. The van der Waals surface area contributed by atoms with Crippen LogP contribution in [0.1, 0.15) is 49.9 Å². The van der Waals surface area contributed by atoms with Crippen LogP contribution in [-0.2, 0) is 0 Å². The van der Waals surface area contributed by atoms with E-state index in [1.807, 2.05) is 38.1 Å². The zero-order valence-corrected chi connectivity index (χ0v) is 16.0. The molecule has 1 aromatic carbocycles. The molecule has 0 bridgehead atoms. The van der Waals surface area contributed by atoms with E-state index < -0.39 is 11.9 Å². The lowest BCUT2D eigenvalue weighted by Crippen LogP contribution is -2.34. The lowest BCUT2D eigenvalue weighted by Gasteiger charge is -2.21.